The zero-order chi connectivity index (χ0) is 24.8. The fraction of sp³-hybridized carbons (Fsp3) is 0.250. The van der Waals surface area contributed by atoms with Gasteiger partial charge in [0.15, 0.2) is 5.16 Å². The van der Waals surface area contributed by atoms with Gasteiger partial charge in [-0.05, 0) is 49.2 Å². The van der Waals surface area contributed by atoms with Crippen molar-refractivity contribution in [1.82, 2.24) is 9.55 Å². The number of aryl methyl sites for hydroxylation is 1. The van der Waals surface area contributed by atoms with Crippen molar-refractivity contribution in [1.29, 1.82) is 0 Å². The molecule has 0 aliphatic heterocycles. The second-order valence-electron chi connectivity index (χ2n) is 8.48. The molecule has 0 spiro atoms. The van der Waals surface area contributed by atoms with E-state index in [2.05, 4.69) is 0 Å². The summed E-state index contributed by atoms with van der Waals surface area (Å²) < 4.78 is 6.94. The minimum Gasteiger partial charge on any atom is -0.383 e. The van der Waals surface area contributed by atoms with Crippen LogP contribution >= 0.6 is 11.8 Å². The van der Waals surface area contributed by atoms with Crippen LogP contribution in [0.1, 0.15) is 24.1 Å². The quantitative estimate of drug-likeness (QED) is 0.239. The number of hydrogen-bond acceptors (Lipinski definition) is 5. The Hall–Kier alpha value is -3.42. The highest BCUT2D eigenvalue weighted by Crippen LogP contribution is 2.24. The van der Waals surface area contributed by atoms with Crippen molar-refractivity contribution in [3.8, 4) is 0 Å². The van der Waals surface area contributed by atoms with Crippen molar-refractivity contribution >= 4 is 34.3 Å². The lowest BCUT2D eigenvalue weighted by Gasteiger charge is -2.24. The fourth-order valence-corrected chi connectivity index (χ4v) is 4.99. The maximum absolute atomic E-state index is 13.6. The van der Waals surface area contributed by atoms with Crippen molar-refractivity contribution in [2.75, 3.05) is 24.4 Å². The summed E-state index contributed by atoms with van der Waals surface area (Å²) >= 11 is 1.28. The third kappa shape index (κ3) is 5.81. The van der Waals surface area contributed by atoms with Gasteiger partial charge in [-0.3, -0.25) is 14.2 Å². The van der Waals surface area contributed by atoms with Gasteiger partial charge in [-0.25, -0.2) is 4.98 Å². The normalized spacial score (nSPS) is 12.0. The first-order chi connectivity index (χ1) is 17.0. The molecule has 35 heavy (non-hydrogen) atoms. The minimum atomic E-state index is -0.223. The SMILES string of the molecule is COCC(C)n1c(SCC(=O)N(Cc2ccccc2)c2cccc(C)c2)nc2ccccc2c1=O. The van der Waals surface area contributed by atoms with Crippen LogP contribution in [-0.2, 0) is 16.1 Å². The molecule has 0 saturated carbocycles. The maximum Gasteiger partial charge on any atom is 0.262 e. The molecule has 7 heteroatoms. The number of nitrogens with zero attached hydrogens (tertiary/aromatic N) is 3. The number of carbonyl (C=O) groups is 1. The van der Waals surface area contributed by atoms with Crippen LogP contribution in [-0.4, -0.2) is 34.9 Å². The second kappa shape index (κ2) is 11.3. The molecule has 0 bridgehead atoms. The molecular weight excluding hydrogens is 458 g/mol. The van der Waals surface area contributed by atoms with Crippen molar-refractivity contribution in [2.45, 2.75) is 31.6 Å². The number of benzene rings is 3. The van der Waals surface area contributed by atoms with Gasteiger partial charge in [0.2, 0.25) is 5.91 Å². The van der Waals surface area contributed by atoms with E-state index >= 15 is 0 Å². The Kier molecular flexibility index (Phi) is 8.00. The van der Waals surface area contributed by atoms with E-state index in [-0.39, 0.29) is 23.3 Å². The zero-order valence-corrected chi connectivity index (χ0v) is 21.0. The highest BCUT2D eigenvalue weighted by Gasteiger charge is 2.21. The number of amides is 1. The van der Waals surface area contributed by atoms with E-state index in [4.69, 9.17) is 9.72 Å². The number of fused-ring (bicyclic) bond motifs is 1. The van der Waals surface area contributed by atoms with Crippen LogP contribution in [0.2, 0.25) is 0 Å². The average Bonchev–Trinajstić information content (AvgIpc) is 2.86. The Balaban J connectivity index is 1.65. The summed E-state index contributed by atoms with van der Waals surface area (Å²) in [7, 11) is 1.61. The van der Waals surface area contributed by atoms with Gasteiger partial charge in [0.1, 0.15) is 0 Å². The first-order valence-corrected chi connectivity index (χ1v) is 12.5. The van der Waals surface area contributed by atoms with Gasteiger partial charge < -0.3 is 9.64 Å². The summed E-state index contributed by atoms with van der Waals surface area (Å²) in [6.45, 7) is 4.76. The van der Waals surface area contributed by atoms with E-state index in [9.17, 15) is 9.59 Å². The molecule has 0 fully saturated rings. The number of aromatic nitrogens is 2. The lowest BCUT2D eigenvalue weighted by molar-refractivity contribution is -0.116. The lowest BCUT2D eigenvalue weighted by Crippen LogP contribution is -2.33. The van der Waals surface area contributed by atoms with Crippen molar-refractivity contribution in [3.63, 3.8) is 0 Å². The molecule has 0 radical (unpaired) electrons. The molecule has 0 aliphatic rings. The number of ether oxygens (including phenoxy) is 1. The Morgan fingerprint density at radius 1 is 1.06 bits per heavy atom. The standard InChI is InChI=1S/C28H29N3O3S/c1-20-10-9-13-23(16-20)30(17-22-11-5-4-6-12-22)26(32)19-35-28-29-25-15-8-7-14-24(25)27(33)31(28)21(2)18-34-3/h4-16,21H,17-19H2,1-3H3. The molecule has 0 saturated heterocycles. The smallest absolute Gasteiger partial charge is 0.262 e. The molecule has 180 valence electrons. The molecule has 3 aromatic carbocycles. The summed E-state index contributed by atoms with van der Waals surface area (Å²) in [4.78, 5) is 33.4. The van der Waals surface area contributed by atoms with Gasteiger partial charge in [0, 0.05) is 12.8 Å². The number of carbonyl (C=O) groups excluding carboxylic acids is 1. The first-order valence-electron chi connectivity index (χ1n) is 11.5. The Labute approximate surface area is 209 Å². The third-order valence-corrected chi connectivity index (χ3v) is 6.68. The van der Waals surface area contributed by atoms with Gasteiger partial charge in [-0.2, -0.15) is 0 Å². The molecule has 4 aromatic rings. The summed E-state index contributed by atoms with van der Waals surface area (Å²) in [5.41, 5.74) is 3.46. The van der Waals surface area contributed by atoms with Crippen LogP contribution in [0.5, 0.6) is 0 Å². The predicted octanol–water partition coefficient (Wildman–Crippen LogP) is 5.24. The second-order valence-corrected chi connectivity index (χ2v) is 9.43. The summed E-state index contributed by atoms with van der Waals surface area (Å²) in [6, 6.07) is 24.9. The van der Waals surface area contributed by atoms with Crippen LogP contribution in [0.25, 0.3) is 10.9 Å². The molecule has 1 unspecified atom stereocenters. The topological polar surface area (TPSA) is 64.4 Å². The van der Waals surface area contributed by atoms with Crippen molar-refractivity contribution in [3.05, 3.63) is 100 Å². The van der Waals surface area contributed by atoms with Gasteiger partial charge in [-0.1, -0.05) is 66.4 Å². The molecule has 4 rings (SSSR count). The van der Waals surface area contributed by atoms with Gasteiger partial charge in [-0.15, -0.1) is 0 Å². The Morgan fingerprint density at radius 3 is 2.54 bits per heavy atom. The number of anilines is 1. The Bertz CT molecular complexity index is 1370. The van der Waals surface area contributed by atoms with Crippen LogP contribution in [0.3, 0.4) is 0 Å². The zero-order valence-electron chi connectivity index (χ0n) is 20.2. The maximum atomic E-state index is 13.6. The largest absolute Gasteiger partial charge is 0.383 e. The predicted molar refractivity (Wildman–Crippen MR) is 142 cm³/mol. The van der Waals surface area contributed by atoms with Crippen LogP contribution in [0, 0.1) is 6.92 Å². The molecular formula is C28H29N3O3S. The first kappa shape index (κ1) is 24.7. The highest BCUT2D eigenvalue weighted by atomic mass is 32.2. The van der Waals surface area contributed by atoms with E-state index in [1.54, 1.807) is 22.6 Å². The molecule has 1 aromatic heterocycles. The van der Waals surface area contributed by atoms with E-state index in [1.165, 1.54) is 11.8 Å². The number of rotatable bonds is 9. The fourth-order valence-electron chi connectivity index (χ4n) is 4.02. The summed E-state index contributed by atoms with van der Waals surface area (Å²) in [5, 5.41) is 1.06. The average molecular weight is 488 g/mol. The number of para-hydroxylation sites is 1. The number of thioether (sulfide) groups is 1. The highest BCUT2D eigenvalue weighted by molar-refractivity contribution is 7.99. The molecule has 1 atom stereocenters. The monoisotopic (exact) mass is 487 g/mol. The van der Waals surface area contributed by atoms with Gasteiger partial charge in [0.05, 0.1) is 35.8 Å². The minimum absolute atomic E-state index is 0.0576. The lowest BCUT2D eigenvalue weighted by atomic mass is 10.1. The molecule has 6 nitrogen and oxygen atoms in total. The van der Waals surface area contributed by atoms with E-state index in [0.717, 1.165) is 16.8 Å². The van der Waals surface area contributed by atoms with Gasteiger partial charge >= 0.3 is 0 Å². The van der Waals surface area contributed by atoms with E-state index in [1.807, 2.05) is 86.6 Å². The van der Waals surface area contributed by atoms with E-state index < -0.39 is 0 Å². The molecule has 0 N–H and O–H groups in total. The Morgan fingerprint density at radius 2 is 1.80 bits per heavy atom. The molecule has 0 aliphatic carbocycles. The van der Waals surface area contributed by atoms with Crippen LogP contribution in [0.15, 0.2) is 88.8 Å². The number of hydrogen-bond donors (Lipinski definition) is 0. The van der Waals surface area contributed by atoms with Crippen molar-refractivity contribution < 1.29 is 9.53 Å². The third-order valence-electron chi connectivity index (χ3n) is 5.75. The molecule has 1 amide bonds. The van der Waals surface area contributed by atoms with Crippen LogP contribution < -0.4 is 10.5 Å². The van der Waals surface area contributed by atoms with Crippen LogP contribution in [0.4, 0.5) is 5.69 Å². The number of methoxy groups -OCH3 is 1. The van der Waals surface area contributed by atoms with Gasteiger partial charge in [0.25, 0.3) is 5.56 Å². The van der Waals surface area contributed by atoms with Crippen molar-refractivity contribution in [2.24, 2.45) is 0 Å². The molecule has 1 heterocycles. The van der Waals surface area contributed by atoms with E-state index in [0.29, 0.717) is 29.2 Å². The summed E-state index contributed by atoms with van der Waals surface area (Å²) in [6.07, 6.45) is 0. The summed E-state index contributed by atoms with van der Waals surface area (Å²) in [5.74, 6) is 0.0865.